The molecule has 0 saturated carbocycles. The lowest BCUT2D eigenvalue weighted by molar-refractivity contribution is 0.132. The van der Waals surface area contributed by atoms with E-state index in [4.69, 9.17) is 9.97 Å². The van der Waals surface area contributed by atoms with E-state index in [2.05, 4.69) is 69.7 Å². The molecule has 4 aromatic rings. The number of piperazine rings is 1. The Balaban J connectivity index is 1.33. The van der Waals surface area contributed by atoms with E-state index < -0.39 is 0 Å². The van der Waals surface area contributed by atoms with E-state index in [1.54, 1.807) is 11.3 Å². The molecule has 6 nitrogen and oxygen atoms in total. The number of benzene rings is 1. The number of rotatable bonds is 6. The Bertz CT molecular complexity index is 1180. The number of pyridine rings is 1. The van der Waals surface area contributed by atoms with Crippen molar-refractivity contribution in [2.75, 3.05) is 38.0 Å². The van der Waals surface area contributed by atoms with Gasteiger partial charge in [-0.25, -0.2) is 15.0 Å². The molecule has 3 aromatic heterocycles. The molecule has 1 aliphatic heterocycles. The average molecular weight is 445 g/mol. The van der Waals surface area contributed by atoms with E-state index >= 15 is 0 Å². The van der Waals surface area contributed by atoms with Crippen LogP contribution in [0.15, 0.2) is 54.0 Å². The highest BCUT2D eigenvalue weighted by Crippen LogP contribution is 2.30. The van der Waals surface area contributed by atoms with Crippen molar-refractivity contribution in [2.45, 2.75) is 20.4 Å². The van der Waals surface area contributed by atoms with Crippen molar-refractivity contribution in [3.63, 3.8) is 0 Å². The van der Waals surface area contributed by atoms with Crippen molar-refractivity contribution >= 4 is 33.2 Å². The van der Waals surface area contributed by atoms with Crippen LogP contribution >= 0.6 is 11.3 Å². The Labute approximate surface area is 193 Å². The molecule has 0 radical (unpaired) electrons. The first kappa shape index (κ1) is 21.0. The molecule has 1 aromatic carbocycles. The highest BCUT2D eigenvalue weighted by molar-refractivity contribution is 7.17. The van der Waals surface area contributed by atoms with Crippen LogP contribution in [0.5, 0.6) is 0 Å². The second-order valence-electron chi connectivity index (χ2n) is 8.28. The normalized spacial score (nSPS) is 15.3. The van der Waals surface area contributed by atoms with Crippen molar-refractivity contribution < 1.29 is 0 Å². The molecule has 32 heavy (non-hydrogen) atoms. The van der Waals surface area contributed by atoms with Gasteiger partial charge >= 0.3 is 0 Å². The first-order valence-corrected chi connectivity index (χ1v) is 12.0. The van der Waals surface area contributed by atoms with Gasteiger partial charge in [-0.3, -0.25) is 4.90 Å². The van der Waals surface area contributed by atoms with Gasteiger partial charge in [-0.2, -0.15) is 0 Å². The lowest BCUT2D eigenvalue weighted by atomic mass is 10.1. The maximum atomic E-state index is 4.83. The van der Waals surface area contributed by atoms with Gasteiger partial charge in [0.15, 0.2) is 11.6 Å². The van der Waals surface area contributed by atoms with Gasteiger partial charge in [0, 0.05) is 44.5 Å². The summed E-state index contributed by atoms with van der Waals surface area (Å²) in [4.78, 5) is 19.3. The van der Waals surface area contributed by atoms with Gasteiger partial charge in [0.2, 0.25) is 0 Å². The third kappa shape index (κ3) is 4.65. The number of aromatic nitrogens is 3. The van der Waals surface area contributed by atoms with E-state index in [0.717, 1.165) is 72.5 Å². The van der Waals surface area contributed by atoms with Gasteiger partial charge in [0.05, 0.1) is 10.2 Å². The summed E-state index contributed by atoms with van der Waals surface area (Å²) in [6.07, 6.45) is 1.97. The molecular formula is C25H28N6S. The Hall–Kier alpha value is -2.87. The molecule has 0 atom stereocenters. The summed E-state index contributed by atoms with van der Waals surface area (Å²) >= 11 is 1.64. The van der Waals surface area contributed by atoms with Gasteiger partial charge in [0.25, 0.3) is 0 Å². The Morgan fingerprint density at radius 1 is 0.938 bits per heavy atom. The number of likely N-dealkylation sites (N-methyl/N-ethyl adjacent to an activating group) is 1. The van der Waals surface area contributed by atoms with E-state index in [-0.39, 0.29) is 0 Å². The predicted molar refractivity (Wildman–Crippen MR) is 132 cm³/mol. The van der Waals surface area contributed by atoms with Crippen LogP contribution in [0.1, 0.15) is 18.1 Å². The molecule has 0 unspecified atom stereocenters. The first-order chi connectivity index (χ1) is 15.7. The van der Waals surface area contributed by atoms with Crippen LogP contribution in [0.4, 0.5) is 11.6 Å². The number of nitrogens with zero attached hydrogens (tertiary/aromatic N) is 5. The van der Waals surface area contributed by atoms with Crippen molar-refractivity contribution in [3.05, 3.63) is 65.2 Å². The average Bonchev–Trinajstić information content (AvgIpc) is 3.30. The summed E-state index contributed by atoms with van der Waals surface area (Å²) in [6, 6.07) is 14.6. The minimum atomic E-state index is 0.723. The summed E-state index contributed by atoms with van der Waals surface area (Å²) in [5.41, 5.74) is 4.43. The Morgan fingerprint density at radius 3 is 2.44 bits per heavy atom. The molecule has 1 aliphatic rings. The number of anilines is 2. The van der Waals surface area contributed by atoms with Gasteiger partial charge in [0.1, 0.15) is 5.82 Å². The SMILES string of the molecule is CCN1CCN(Cc2ccc(Nc3nc(-c4ccc(C)cc4)nc4ccsc34)nc2)CC1. The van der Waals surface area contributed by atoms with Crippen molar-refractivity contribution in [1.82, 2.24) is 24.8 Å². The van der Waals surface area contributed by atoms with Crippen LogP contribution < -0.4 is 5.32 Å². The van der Waals surface area contributed by atoms with E-state index in [0.29, 0.717) is 0 Å². The molecule has 1 fully saturated rings. The molecule has 1 saturated heterocycles. The number of fused-ring (bicyclic) bond motifs is 1. The molecule has 0 bridgehead atoms. The smallest absolute Gasteiger partial charge is 0.162 e. The summed E-state index contributed by atoms with van der Waals surface area (Å²) in [7, 11) is 0. The first-order valence-electron chi connectivity index (χ1n) is 11.2. The third-order valence-electron chi connectivity index (χ3n) is 6.00. The fourth-order valence-corrected chi connectivity index (χ4v) is 4.79. The monoisotopic (exact) mass is 444 g/mol. The molecule has 1 N–H and O–H groups in total. The maximum absolute atomic E-state index is 4.83. The largest absolute Gasteiger partial charge is 0.324 e. The van der Waals surface area contributed by atoms with Crippen LogP contribution in [0.2, 0.25) is 0 Å². The summed E-state index contributed by atoms with van der Waals surface area (Å²) < 4.78 is 1.04. The molecule has 4 heterocycles. The highest BCUT2D eigenvalue weighted by atomic mass is 32.1. The zero-order valence-corrected chi connectivity index (χ0v) is 19.4. The molecule has 5 rings (SSSR count). The number of thiophene rings is 1. The quantitative estimate of drug-likeness (QED) is 0.454. The topological polar surface area (TPSA) is 57.2 Å². The van der Waals surface area contributed by atoms with Crippen LogP contribution in [0.25, 0.3) is 21.6 Å². The standard InChI is InChI=1S/C25H28N6S/c1-3-30-11-13-31(14-12-30)17-19-6-9-22(26-16-19)28-25-23-21(10-15-32-23)27-24(29-25)20-7-4-18(2)5-8-20/h4-10,15-16H,3,11-14,17H2,1-2H3,(H,26,27,28,29). The third-order valence-corrected chi connectivity index (χ3v) is 6.91. The molecule has 0 amide bonds. The van der Waals surface area contributed by atoms with Crippen LogP contribution in [-0.4, -0.2) is 57.5 Å². The minimum Gasteiger partial charge on any atom is -0.324 e. The fourth-order valence-electron chi connectivity index (χ4n) is 4.02. The van der Waals surface area contributed by atoms with Crippen LogP contribution in [0.3, 0.4) is 0 Å². The predicted octanol–water partition coefficient (Wildman–Crippen LogP) is 4.94. The Kier molecular flexibility index (Phi) is 6.12. The van der Waals surface area contributed by atoms with E-state index in [9.17, 15) is 0 Å². The maximum Gasteiger partial charge on any atom is 0.162 e. The number of nitrogens with one attached hydrogen (secondary N) is 1. The summed E-state index contributed by atoms with van der Waals surface area (Å²) in [5, 5.41) is 5.48. The van der Waals surface area contributed by atoms with Gasteiger partial charge in [-0.05, 0) is 36.5 Å². The lowest BCUT2D eigenvalue weighted by Gasteiger charge is -2.33. The van der Waals surface area contributed by atoms with Crippen molar-refractivity contribution in [2.24, 2.45) is 0 Å². The zero-order valence-electron chi connectivity index (χ0n) is 18.6. The van der Waals surface area contributed by atoms with Gasteiger partial charge in [-0.15, -0.1) is 11.3 Å². The highest BCUT2D eigenvalue weighted by Gasteiger charge is 2.16. The Morgan fingerprint density at radius 2 is 1.72 bits per heavy atom. The molecule has 7 heteroatoms. The van der Waals surface area contributed by atoms with Crippen LogP contribution in [0, 0.1) is 6.92 Å². The number of hydrogen-bond donors (Lipinski definition) is 1. The van der Waals surface area contributed by atoms with Crippen molar-refractivity contribution in [1.29, 1.82) is 0 Å². The summed E-state index contributed by atoms with van der Waals surface area (Å²) in [5.74, 6) is 2.32. The zero-order chi connectivity index (χ0) is 21.9. The van der Waals surface area contributed by atoms with Gasteiger partial charge < -0.3 is 10.2 Å². The number of aryl methyl sites for hydroxylation is 1. The minimum absolute atomic E-state index is 0.723. The van der Waals surface area contributed by atoms with E-state index in [1.165, 1.54) is 11.1 Å². The number of hydrogen-bond acceptors (Lipinski definition) is 7. The van der Waals surface area contributed by atoms with Gasteiger partial charge in [-0.1, -0.05) is 42.8 Å². The molecule has 164 valence electrons. The summed E-state index contributed by atoms with van der Waals surface area (Å²) in [6.45, 7) is 10.9. The second kappa shape index (κ2) is 9.32. The van der Waals surface area contributed by atoms with Crippen LogP contribution in [-0.2, 0) is 6.54 Å². The molecular weight excluding hydrogens is 416 g/mol. The lowest BCUT2D eigenvalue weighted by Crippen LogP contribution is -2.45. The fraction of sp³-hybridized carbons (Fsp3) is 0.320. The van der Waals surface area contributed by atoms with E-state index in [1.807, 2.05) is 18.3 Å². The molecule has 0 spiro atoms. The second-order valence-corrected chi connectivity index (χ2v) is 9.20. The van der Waals surface area contributed by atoms with Crippen molar-refractivity contribution in [3.8, 4) is 11.4 Å². The molecule has 0 aliphatic carbocycles.